The second kappa shape index (κ2) is 8.00. The highest BCUT2D eigenvalue weighted by molar-refractivity contribution is 7.10. The molecule has 1 saturated heterocycles. The monoisotopic (exact) mass is 435 g/mol. The molecule has 2 atom stereocenters. The first kappa shape index (κ1) is 20.2. The van der Waals surface area contributed by atoms with Crippen LogP contribution in [0.5, 0.6) is 0 Å². The lowest BCUT2D eigenvalue weighted by atomic mass is 10.2. The van der Waals surface area contributed by atoms with Gasteiger partial charge in [0.15, 0.2) is 5.82 Å². The zero-order chi connectivity index (χ0) is 21.3. The molecular weight excluding hydrogens is 419 g/mol. The number of alkyl halides is 3. The van der Waals surface area contributed by atoms with Gasteiger partial charge in [-0.2, -0.15) is 22.5 Å². The summed E-state index contributed by atoms with van der Waals surface area (Å²) in [4.78, 5) is 22.4. The summed E-state index contributed by atoms with van der Waals surface area (Å²) in [5.41, 5.74) is -0.0737. The van der Waals surface area contributed by atoms with Crippen LogP contribution < -0.4 is 10.2 Å². The van der Waals surface area contributed by atoms with Crippen molar-refractivity contribution >= 4 is 28.4 Å². The highest BCUT2D eigenvalue weighted by Gasteiger charge is 2.38. The number of rotatable bonds is 4. The van der Waals surface area contributed by atoms with Gasteiger partial charge in [-0.25, -0.2) is 4.98 Å². The van der Waals surface area contributed by atoms with E-state index in [0.29, 0.717) is 17.2 Å². The van der Waals surface area contributed by atoms with E-state index in [4.69, 9.17) is 0 Å². The smallest absolute Gasteiger partial charge is 0.391 e. The van der Waals surface area contributed by atoms with Gasteiger partial charge in [-0.15, -0.1) is 0 Å². The molecule has 1 aliphatic rings. The number of carbonyl (C=O) groups is 1. The van der Waals surface area contributed by atoms with Crippen LogP contribution in [0.15, 0.2) is 48.7 Å². The highest BCUT2D eigenvalue weighted by atomic mass is 32.1. The van der Waals surface area contributed by atoms with Gasteiger partial charge in [0.05, 0.1) is 11.7 Å². The Hall–Kier alpha value is -3.05. The van der Waals surface area contributed by atoms with E-state index in [2.05, 4.69) is 19.7 Å². The molecule has 0 saturated carbocycles. The molecule has 2 N–H and O–H groups in total. The van der Waals surface area contributed by atoms with Crippen LogP contribution in [0.4, 0.5) is 24.1 Å². The number of aromatic nitrogens is 3. The number of nitrogens with one attached hydrogen (secondary N) is 1. The topological polar surface area (TPSA) is 91.2 Å². The molecule has 1 aliphatic heterocycles. The molecule has 30 heavy (non-hydrogen) atoms. The standard InChI is InChI=1S/C19H16F3N5O2S/c20-19(21,22)12-6-7-15(23-9-12)27-10-13(28)8-14(27)17(29)25-18-24-16(26-30-18)11-4-2-1-3-5-11/h1-7,9,13-14,28H,8,10H2,(H,24,25,26,29)/t13-,14-/m0/s1. The number of benzene rings is 1. The summed E-state index contributed by atoms with van der Waals surface area (Å²) in [7, 11) is 0. The molecule has 0 aliphatic carbocycles. The van der Waals surface area contributed by atoms with Crippen molar-refractivity contribution in [2.75, 3.05) is 16.8 Å². The Morgan fingerprint density at radius 1 is 1.20 bits per heavy atom. The maximum absolute atomic E-state index is 12.8. The van der Waals surface area contributed by atoms with E-state index in [9.17, 15) is 23.1 Å². The maximum atomic E-state index is 12.8. The van der Waals surface area contributed by atoms with E-state index in [0.717, 1.165) is 23.2 Å². The van der Waals surface area contributed by atoms with E-state index in [1.165, 1.54) is 11.0 Å². The van der Waals surface area contributed by atoms with Gasteiger partial charge < -0.3 is 10.0 Å². The molecule has 0 spiro atoms. The van der Waals surface area contributed by atoms with Crippen LogP contribution >= 0.6 is 11.5 Å². The normalized spacial score (nSPS) is 19.1. The lowest BCUT2D eigenvalue weighted by molar-refractivity contribution is -0.137. The van der Waals surface area contributed by atoms with Crippen molar-refractivity contribution < 1.29 is 23.1 Å². The van der Waals surface area contributed by atoms with Crippen molar-refractivity contribution in [3.8, 4) is 11.4 Å². The lowest BCUT2D eigenvalue weighted by Crippen LogP contribution is -2.40. The largest absolute Gasteiger partial charge is 0.417 e. The Labute approximate surface area is 173 Å². The molecule has 1 amide bonds. The molecule has 3 aromatic rings. The number of pyridine rings is 1. The Morgan fingerprint density at radius 2 is 1.97 bits per heavy atom. The second-order valence-corrected chi connectivity index (χ2v) is 7.49. The first-order chi connectivity index (χ1) is 14.3. The third kappa shape index (κ3) is 4.26. The van der Waals surface area contributed by atoms with Gasteiger partial charge in [-0.3, -0.25) is 10.1 Å². The summed E-state index contributed by atoms with van der Waals surface area (Å²) < 4.78 is 42.5. The fourth-order valence-corrected chi connectivity index (χ4v) is 3.80. The first-order valence-corrected chi connectivity index (χ1v) is 9.76. The summed E-state index contributed by atoms with van der Waals surface area (Å²) in [6.45, 7) is 0.0852. The van der Waals surface area contributed by atoms with Gasteiger partial charge in [0.25, 0.3) is 0 Å². The fraction of sp³-hybridized carbons (Fsp3) is 0.263. The van der Waals surface area contributed by atoms with E-state index < -0.39 is 29.8 Å². The number of aliphatic hydroxyl groups excluding tert-OH is 1. The quantitative estimate of drug-likeness (QED) is 0.654. The Kier molecular flexibility index (Phi) is 5.39. The summed E-state index contributed by atoms with van der Waals surface area (Å²) in [6, 6.07) is 10.6. The van der Waals surface area contributed by atoms with Crippen molar-refractivity contribution in [3.63, 3.8) is 0 Å². The highest BCUT2D eigenvalue weighted by Crippen LogP contribution is 2.31. The van der Waals surface area contributed by atoms with Crippen LogP contribution in [0.3, 0.4) is 0 Å². The third-order valence-corrected chi connectivity index (χ3v) is 5.27. The summed E-state index contributed by atoms with van der Waals surface area (Å²) in [6.07, 6.45) is -4.47. The zero-order valence-electron chi connectivity index (χ0n) is 15.4. The predicted octanol–water partition coefficient (Wildman–Crippen LogP) is 3.20. The second-order valence-electron chi connectivity index (χ2n) is 6.74. The molecule has 7 nitrogen and oxygen atoms in total. The molecule has 156 valence electrons. The van der Waals surface area contributed by atoms with Crippen LogP contribution in [-0.2, 0) is 11.0 Å². The Morgan fingerprint density at radius 3 is 2.63 bits per heavy atom. The van der Waals surface area contributed by atoms with Crippen molar-refractivity contribution in [3.05, 3.63) is 54.2 Å². The molecule has 11 heteroatoms. The average molecular weight is 435 g/mol. The number of carbonyl (C=O) groups excluding carboxylic acids is 1. The number of β-amino-alcohol motifs (C(OH)–C–C–N with tert-alkyl or cyclic N) is 1. The van der Waals surface area contributed by atoms with Gasteiger partial charge in [-0.05, 0) is 12.1 Å². The van der Waals surface area contributed by atoms with Crippen LogP contribution in [0.1, 0.15) is 12.0 Å². The number of anilines is 2. The fourth-order valence-electron chi connectivity index (χ4n) is 3.21. The first-order valence-electron chi connectivity index (χ1n) is 8.99. The van der Waals surface area contributed by atoms with Crippen molar-refractivity contribution in [2.45, 2.75) is 24.7 Å². The van der Waals surface area contributed by atoms with E-state index in [1.807, 2.05) is 30.3 Å². The molecule has 3 heterocycles. The number of amides is 1. The maximum Gasteiger partial charge on any atom is 0.417 e. The number of aliphatic hydroxyl groups is 1. The number of hydrogen-bond acceptors (Lipinski definition) is 7. The number of nitrogens with zero attached hydrogens (tertiary/aromatic N) is 4. The van der Waals surface area contributed by atoms with Gasteiger partial charge in [-0.1, -0.05) is 30.3 Å². The van der Waals surface area contributed by atoms with Gasteiger partial charge in [0, 0.05) is 36.3 Å². The van der Waals surface area contributed by atoms with Crippen molar-refractivity contribution in [1.82, 2.24) is 14.3 Å². The third-order valence-electron chi connectivity index (χ3n) is 4.64. The molecule has 0 unspecified atom stereocenters. The van der Waals surface area contributed by atoms with E-state index in [1.54, 1.807) is 0 Å². The van der Waals surface area contributed by atoms with Crippen LogP contribution in [0.2, 0.25) is 0 Å². The molecular formula is C19H16F3N5O2S. The van der Waals surface area contributed by atoms with Gasteiger partial charge >= 0.3 is 6.18 Å². The van der Waals surface area contributed by atoms with Crippen LogP contribution in [0.25, 0.3) is 11.4 Å². The minimum atomic E-state index is -4.50. The molecule has 0 radical (unpaired) electrons. The summed E-state index contributed by atoms with van der Waals surface area (Å²) in [5.74, 6) is 0.217. The molecule has 2 aromatic heterocycles. The number of hydrogen-bond donors (Lipinski definition) is 2. The molecule has 4 rings (SSSR count). The molecule has 1 fully saturated rings. The van der Waals surface area contributed by atoms with Crippen molar-refractivity contribution in [2.24, 2.45) is 0 Å². The molecule has 0 bridgehead atoms. The van der Waals surface area contributed by atoms with Crippen LogP contribution in [0, 0.1) is 0 Å². The minimum Gasteiger partial charge on any atom is -0.391 e. The SMILES string of the molecule is O=C(Nc1nc(-c2ccccc2)ns1)[C@@H]1C[C@H](O)CN1c1ccc(C(F)(F)F)cn1. The van der Waals surface area contributed by atoms with Gasteiger partial charge in [0.2, 0.25) is 11.0 Å². The van der Waals surface area contributed by atoms with Crippen molar-refractivity contribution in [1.29, 1.82) is 0 Å². The van der Waals surface area contributed by atoms with Gasteiger partial charge in [0.1, 0.15) is 11.9 Å². The lowest BCUT2D eigenvalue weighted by Gasteiger charge is -2.24. The Bertz CT molecular complexity index is 1030. The summed E-state index contributed by atoms with van der Waals surface area (Å²) >= 11 is 1.02. The summed E-state index contributed by atoms with van der Waals surface area (Å²) in [5, 5.41) is 13.0. The number of halogens is 3. The van der Waals surface area contributed by atoms with Crippen LogP contribution in [-0.4, -0.2) is 44.0 Å². The molecule has 1 aromatic carbocycles. The minimum absolute atomic E-state index is 0.0852. The predicted molar refractivity (Wildman–Crippen MR) is 105 cm³/mol. The van der Waals surface area contributed by atoms with E-state index >= 15 is 0 Å². The Balaban J connectivity index is 1.49. The van der Waals surface area contributed by atoms with E-state index in [-0.39, 0.29) is 18.8 Å². The zero-order valence-corrected chi connectivity index (χ0v) is 16.2. The average Bonchev–Trinajstić information content (AvgIpc) is 3.35.